The summed E-state index contributed by atoms with van der Waals surface area (Å²) in [6.07, 6.45) is 4.03. The van der Waals surface area contributed by atoms with Crippen LogP contribution in [0, 0.1) is 0 Å². The highest BCUT2D eigenvalue weighted by Gasteiger charge is 2.18. The molecule has 2 heterocycles. The van der Waals surface area contributed by atoms with E-state index in [4.69, 9.17) is 5.11 Å². The van der Waals surface area contributed by atoms with Gasteiger partial charge in [0.2, 0.25) is 0 Å². The van der Waals surface area contributed by atoms with E-state index in [9.17, 15) is 13.2 Å². The number of aromatic carboxylic acids is 1. The molecule has 2 N–H and O–H groups in total. The van der Waals surface area contributed by atoms with Crippen LogP contribution in [0.3, 0.4) is 0 Å². The van der Waals surface area contributed by atoms with E-state index in [2.05, 4.69) is 4.98 Å². The summed E-state index contributed by atoms with van der Waals surface area (Å²) in [6, 6.07) is 7.71. The van der Waals surface area contributed by atoms with Crippen LogP contribution in [0.1, 0.15) is 10.4 Å². The molecule has 6 nitrogen and oxygen atoms in total. The molecule has 0 amide bonds. The van der Waals surface area contributed by atoms with E-state index in [0.717, 1.165) is 21.1 Å². The number of H-pyrrole nitrogens is 1. The topological polar surface area (TPSA) is 92.2 Å². The SMILES string of the molecule is O=C(O)c1ccn(S(=O)(=O)c2ccc3[nH]ccc3c2)c1. The number of aromatic amines is 1. The summed E-state index contributed by atoms with van der Waals surface area (Å²) in [4.78, 5) is 13.9. The normalized spacial score (nSPS) is 11.8. The molecule has 0 atom stereocenters. The third-order valence-electron chi connectivity index (χ3n) is 3.01. The van der Waals surface area contributed by atoms with Gasteiger partial charge in [0.25, 0.3) is 10.0 Å². The molecule has 0 saturated carbocycles. The summed E-state index contributed by atoms with van der Waals surface area (Å²) in [7, 11) is -3.78. The van der Waals surface area contributed by atoms with E-state index in [1.807, 2.05) is 0 Å². The number of rotatable bonds is 3. The maximum atomic E-state index is 12.4. The molecule has 3 aromatic rings. The van der Waals surface area contributed by atoms with Crippen molar-refractivity contribution in [2.45, 2.75) is 4.90 Å². The minimum atomic E-state index is -3.78. The van der Waals surface area contributed by atoms with Crippen molar-refractivity contribution in [2.75, 3.05) is 0 Å². The molecule has 20 heavy (non-hydrogen) atoms. The Morgan fingerprint density at radius 1 is 1.20 bits per heavy atom. The third kappa shape index (κ3) is 1.88. The lowest BCUT2D eigenvalue weighted by Crippen LogP contribution is -2.11. The van der Waals surface area contributed by atoms with Gasteiger partial charge in [-0.1, -0.05) is 0 Å². The van der Waals surface area contributed by atoms with Gasteiger partial charge in [0.15, 0.2) is 0 Å². The van der Waals surface area contributed by atoms with Gasteiger partial charge in [-0.3, -0.25) is 0 Å². The minimum absolute atomic E-state index is 0.0729. The second-order valence-corrected chi connectivity index (χ2v) is 6.11. The standard InChI is InChI=1S/C13H10N2O4S/c16-13(17)10-4-6-15(8-10)20(18,19)11-1-2-12-9(7-11)3-5-14-12/h1-8,14H,(H,16,17). The van der Waals surface area contributed by atoms with E-state index in [1.54, 1.807) is 24.4 Å². The van der Waals surface area contributed by atoms with Gasteiger partial charge in [-0.15, -0.1) is 0 Å². The molecule has 0 aliphatic heterocycles. The van der Waals surface area contributed by atoms with Gasteiger partial charge in [0.05, 0.1) is 10.5 Å². The summed E-state index contributed by atoms with van der Waals surface area (Å²) in [6.45, 7) is 0. The number of carbonyl (C=O) groups is 1. The van der Waals surface area contributed by atoms with Crippen molar-refractivity contribution in [1.82, 2.24) is 8.96 Å². The highest BCUT2D eigenvalue weighted by molar-refractivity contribution is 7.90. The fraction of sp³-hybridized carbons (Fsp3) is 0. The number of hydrogen-bond acceptors (Lipinski definition) is 3. The molecular formula is C13H10N2O4S. The lowest BCUT2D eigenvalue weighted by Gasteiger charge is -2.05. The van der Waals surface area contributed by atoms with Crippen molar-refractivity contribution in [2.24, 2.45) is 0 Å². The van der Waals surface area contributed by atoms with Crippen LogP contribution < -0.4 is 0 Å². The van der Waals surface area contributed by atoms with E-state index in [1.165, 1.54) is 18.3 Å². The Kier molecular flexibility index (Phi) is 2.65. The smallest absolute Gasteiger partial charge is 0.337 e. The Bertz CT molecular complexity index is 905. The first-order valence-corrected chi connectivity index (χ1v) is 7.16. The number of carboxylic acid groups (broad SMARTS) is 1. The molecule has 3 rings (SSSR count). The van der Waals surface area contributed by atoms with Crippen LogP contribution in [0.5, 0.6) is 0 Å². The number of aromatic nitrogens is 2. The average molecular weight is 290 g/mol. The Hall–Kier alpha value is -2.54. The predicted molar refractivity (Wildman–Crippen MR) is 72.3 cm³/mol. The number of hydrogen-bond donors (Lipinski definition) is 2. The highest BCUT2D eigenvalue weighted by Crippen LogP contribution is 2.20. The van der Waals surface area contributed by atoms with Crippen molar-refractivity contribution >= 4 is 26.9 Å². The van der Waals surface area contributed by atoms with Crippen molar-refractivity contribution in [3.8, 4) is 0 Å². The van der Waals surface area contributed by atoms with Gasteiger partial charge in [-0.25, -0.2) is 17.2 Å². The second kappa shape index (κ2) is 4.24. The molecule has 0 aliphatic rings. The van der Waals surface area contributed by atoms with E-state index >= 15 is 0 Å². The van der Waals surface area contributed by atoms with E-state index in [-0.39, 0.29) is 10.5 Å². The number of fused-ring (bicyclic) bond motifs is 1. The molecule has 2 aromatic heterocycles. The molecule has 0 spiro atoms. The Balaban J connectivity index is 2.12. The lowest BCUT2D eigenvalue weighted by molar-refractivity contribution is 0.0697. The van der Waals surface area contributed by atoms with Crippen molar-refractivity contribution < 1.29 is 18.3 Å². The first-order valence-electron chi connectivity index (χ1n) is 5.72. The molecule has 0 fully saturated rings. The molecule has 1 aromatic carbocycles. The zero-order chi connectivity index (χ0) is 14.3. The Labute approximate surface area is 114 Å². The fourth-order valence-corrected chi connectivity index (χ4v) is 3.20. The average Bonchev–Trinajstić information content (AvgIpc) is 3.07. The van der Waals surface area contributed by atoms with Crippen LogP contribution in [-0.2, 0) is 10.0 Å². The Morgan fingerprint density at radius 3 is 2.70 bits per heavy atom. The zero-order valence-electron chi connectivity index (χ0n) is 10.1. The molecule has 0 saturated heterocycles. The van der Waals surface area contributed by atoms with Crippen LogP contribution >= 0.6 is 0 Å². The van der Waals surface area contributed by atoms with Gasteiger partial charge >= 0.3 is 5.97 Å². The van der Waals surface area contributed by atoms with Crippen LogP contribution in [0.4, 0.5) is 0 Å². The molecule has 0 aliphatic carbocycles. The number of benzene rings is 1. The van der Waals surface area contributed by atoms with Crippen molar-refractivity contribution in [3.63, 3.8) is 0 Å². The lowest BCUT2D eigenvalue weighted by atomic mass is 10.2. The summed E-state index contributed by atoms with van der Waals surface area (Å²) in [5, 5.41) is 9.61. The zero-order valence-corrected chi connectivity index (χ0v) is 11.0. The van der Waals surface area contributed by atoms with Crippen LogP contribution in [0.15, 0.2) is 53.8 Å². The van der Waals surface area contributed by atoms with E-state index < -0.39 is 16.0 Å². The molecule has 7 heteroatoms. The highest BCUT2D eigenvalue weighted by atomic mass is 32.2. The van der Waals surface area contributed by atoms with Crippen LogP contribution in [0.25, 0.3) is 10.9 Å². The fourth-order valence-electron chi connectivity index (χ4n) is 1.97. The monoisotopic (exact) mass is 290 g/mol. The third-order valence-corrected chi connectivity index (χ3v) is 4.65. The predicted octanol–water partition coefficient (Wildman–Crippen LogP) is 1.90. The van der Waals surface area contributed by atoms with Gasteiger partial charge < -0.3 is 10.1 Å². The summed E-state index contributed by atoms with van der Waals surface area (Å²) < 4.78 is 25.7. The van der Waals surface area contributed by atoms with Crippen molar-refractivity contribution in [1.29, 1.82) is 0 Å². The van der Waals surface area contributed by atoms with Crippen LogP contribution in [0.2, 0.25) is 0 Å². The van der Waals surface area contributed by atoms with Gasteiger partial charge in [-0.05, 0) is 30.3 Å². The summed E-state index contributed by atoms with van der Waals surface area (Å²) in [5.41, 5.74) is 0.763. The molecule has 0 bridgehead atoms. The molecule has 102 valence electrons. The van der Waals surface area contributed by atoms with Crippen molar-refractivity contribution in [3.05, 3.63) is 54.5 Å². The Morgan fingerprint density at radius 2 is 2.00 bits per heavy atom. The molecule has 0 unspecified atom stereocenters. The summed E-state index contributed by atoms with van der Waals surface area (Å²) >= 11 is 0. The largest absolute Gasteiger partial charge is 0.478 e. The first-order chi connectivity index (χ1) is 9.48. The summed E-state index contributed by atoms with van der Waals surface area (Å²) in [5.74, 6) is -1.17. The van der Waals surface area contributed by atoms with Gasteiger partial charge in [0.1, 0.15) is 0 Å². The van der Waals surface area contributed by atoms with Gasteiger partial charge in [-0.2, -0.15) is 0 Å². The maximum absolute atomic E-state index is 12.4. The number of nitrogens with one attached hydrogen (secondary N) is 1. The molecular weight excluding hydrogens is 280 g/mol. The molecule has 0 radical (unpaired) electrons. The number of carboxylic acids is 1. The quantitative estimate of drug-likeness (QED) is 0.770. The van der Waals surface area contributed by atoms with E-state index in [0.29, 0.717) is 0 Å². The minimum Gasteiger partial charge on any atom is -0.478 e. The second-order valence-electron chi connectivity index (χ2n) is 4.27. The van der Waals surface area contributed by atoms with Crippen LogP contribution in [-0.4, -0.2) is 28.5 Å². The van der Waals surface area contributed by atoms with Gasteiger partial charge in [0, 0.05) is 29.5 Å². The maximum Gasteiger partial charge on any atom is 0.337 e. The first kappa shape index (κ1) is 12.5. The number of nitrogens with zero attached hydrogens (tertiary/aromatic N) is 1.